The van der Waals surface area contributed by atoms with Crippen LogP contribution in [0.2, 0.25) is 0 Å². The van der Waals surface area contributed by atoms with E-state index in [-0.39, 0.29) is 37.5 Å². The summed E-state index contributed by atoms with van der Waals surface area (Å²) in [5.74, 6) is -0.981. The first-order chi connectivity index (χ1) is 35.5. The lowest BCUT2D eigenvalue weighted by Gasteiger charge is -2.18. The average Bonchev–Trinajstić information content (AvgIpc) is 3.38. The molecule has 0 spiro atoms. The Morgan fingerprint density at radius 3 is 0.931 bits per heavy atom. The quantitative estimate of drug-likeness (QED) is 0.0261. The van der Waals surface area contributed by atoms with E-state index in [0.717, 1.165) is 116 Å². The molecule has 0 bridgehead atoms. The number of rotatable bonds is 51. The molecule has 0 saturated heterocycles. The van der Waals surface area contributed by atoms with Crippen molar-refractivity contribution in [3.8, 4) is 0 Å². The summed E-state index contributed by atoms with van der Waals surface area (Å²) in [7, 11) is 0. The summed E-state index contributed by atoms with van der Waals surface area (Å²) in [6.07, 6.45) is 83.2. The van der Waals surface area contributed by atoms with Crippen LogP contribution in [0.5, 0.6) is 0 Å². The molecule has 6 nitrogen and oxygen atoms in total. The third-order valence-electron chi connectivity index (χ3n) is 11.9. The van der Waals surface area contributed by atoms with Crippen LogP contribution in [-0.4, -0.2) is 37.2 Å². The summed E-state index contributed by atoms with van der Waals surface area (Å²) in [5.41, 5.74) is 0. The van der Waals surface area contributed by atoms with Crippen LogP contribution in [0.4, 0.5) is 0 Å². The van der Waals surface area contributed by atoms with E-state index in [9.17, 15) is 14.4 Å². The van der Waals surface area contributed by atoms with E-state index in [0.29, 0.717) is 19.3 Å². The number of ether oxygens (including phenoxy) is 3. The van der Waals surface area contributed by atoms with Crippen LogP contribution in [0.3, 0.4) is 0 Å². The highest BCUT2D eigenvalue weighted by molar-refractivity contribution is 5.71. The maximum absolute atomic E-state index is 12.8. The zero-order valence-corrected chi connectivity index (χ0v) is 46.4. The van der Waals surface area contributed by atoms with E-state index in [2.05, 4.69) is 154 Å². The Morgan fingerprint density at radius 1 is 0.292 bits per heavy atom. The summed E-state index contributed by atoms with van der Waals surface area (Å²) in [5, 5.41) is 0. The molecular weight excluding hydrogens is 889 g/mol. The van der Waals surface area contributed by atoms with Crippen molar-refractivity contribution in [1.29, 1.82) is 0 Å². The van der Waals surface area contributed by atoms with Crippen molar-refractivity contribution >= 4 is 17.9 Å². The molecule has 1 atom stereocenters. The molecule has 0 aliphatic rings. The molecule has 0 heterocycles. The van der Waals surface area contributed by atoms with Gasteiger partial charge in [-0.1, -0.05) is 244 Å². The van der Waals surface area contributed by atoms with Crippen LogP contribution >= 0.6 is 0 Å². The molecule has 0 aromatic rings. The van der Waals surface area contributed by atoms with Crippen LogP contribution in [0, 0.1) is 0 Å². The summed E-state index contributed by atoms with van der Waals surface area (Å²) in [6, 6.07) is 0. The summed E-state index contributed by atoms with van der Waals surface area (Å²) >= 11 is 0. The average molecular weight is 996 g/mol. The van der Waals surface area contributed by atoms with Gasteiger partial charge in [0.05, 0.1) is 0 Å². The Labute approximate surface area is 443 Å². The zero-order valence-electron chi connectivity index (χ0n) is 46.4. The largest absolute Gasteiger partial charge is 0.462 e. The van der Waals surface area contributed by atoms with Gasteiger partial charge in [0.2, 0.25) is 0 Å². The number of carbonyl (C=O) groups is 3. The minimum atomic E-state index is -0.807. The number of unbranched alkanes of at least 4 members (excludes halogenated alkanes) is 18. The highest BCUT2D eigenvalue weighted by Gasteiger charge is 2.19. The highest BCUT2D eigenvalue weighted by atomic mass is 16.6. The molecule has 0 radical (unpaired) electrons. The maximum Gasteiger partial charge on any atom is 0.306 e. The highest BCUT2D eigenvalue weighted by Crippen LogP contribution is 2.14. The number of hydrogen-bond acceptors (Lipinski definition) is 6. The van der Waals surface area contributed by atoms with E-state index in [1.807, 2.05) is 0 Å². The van der Waals surface area contributed by atoms with E-state index in [4.69, 9.17) is 14.2 Å². The lowest BCUT2D eigenvalue weighted by molar-refractivity contribution is -0.167. The Kier molecular flexibility index (Phi) is 55.5. The molecule has 406 valence electrons. The fourth-order valence-corrected chi connectivity index (χ4v) is 7.53. The van der Waals surface area contributed by atoms with Gasteiger partial charge in [-0.25, -0.2) is 0 Å². The first-order valence-electron chi connectivity index (χ1n) is 29.2. The molecule has 0 saturated carbocycles. The third-order valence-corrected chi connectivity index (χ3v) is 11.9. The molecule has 0 N–H and O–H groups in total. The van der Waals surface area contributed by atoms with Crippen LogP contribution in [0.1, 0.15) is 245 Å². The molecule has 0 aliphatic carbocycles. The van der Waals surface area contributed by atoms with Gasteiger partial charge in [0.15, 0.2) is 6.10 Å². The number of carbonyl (C=O) groups excluding carboxylic acids is 3. The van der Waals surface area contributed by atoms with Gasteiger partial charge in [0, 0.05) is 19.3 Å². The number of allylic oxidation sites excluding steroid dienone is 22. The molecule has 0 fully saturated rings. The second-order valence-corrected chi connectivity index (χ2v) is 18.8. The van der Waals surface area contributed by atoms with Crippen molar-refractivity contribution < 1.29 is 28.6 Å². The van der Waals surface area contributed by atoms with E-state index in [1.54, 1.807) is 0 Å². The molecule has 6 heteroatoms. The lowest BCUT2D eigenvalue weighted by Crippen LogP contribution is -2.30. The summed E-state index contributed by atoms with van der Waals surface area (Å²) in [4.78, 5) is 38.0. The first kappa shape index (κ1) is 67.5. The molecule has 1 unspecified atom stereocenters. The monoisotopic (exact) mass is 995 g/mol. The Bertz CT molecular complexity index is 1560. The Hall–Kier alpha value is -4.45. The van der Waals surface area contributed by atoms with Crippen molar-refractivity contribution in [1.82, 2.24) is 0 Å². The minimum absolute atomic E-state index is 0.102. The fraction of sp³-hybridized carbons (Fsp3) is 0.621. The number of esters is 3. The van der Waals surface area contributed by atoms with Crippen LogP contribution in [0.25, 0.3) is 0 Å². The molecule has 0 aromatic heterocycles. The summed E-state index contributed by atoms with van der Waals surface area (Å²) < 4.78 is 16.7. The molecular formula is C66H106O6. The van der Waals surface area contributed by atoms with Gasteiger partial charge < -0.3 is 14.2 Å². The smallest absolute Gasteiger partial charge is 0.306 e. The van der Waals surface area contributed by atoms with Gasteiger partial charge >= 0.3 is 17.9 Å². The first-order valence-corrected chi connectivity index (χ1v) is 29.2. The Balaban J connectivity index is 4.36. The standard InChI is InChI=1S/C66H106O6/c1-4-7-10-13-16-19-21-23-25-27-28-29-30-31-32-33-34-35-36-37-38-40-41-43-45-47-50-53-56-59-65(68)71-62-63(61-70-64(67)58-55-52-49-18-15-12-9-6-3)72-66(69)60-57-54-51-48-46-44-42-39-26-24-22-20-17-14-11-8-5-2/h7,10,16-17,19-20,23-26,28-29,31-32,34-35,37-38,41,43,47,50,63H,4-6,8-9,11-15,18,21-22,27,30,33,36,39-40,42,44-46,48-49,51-62H2,1-3H3/b10-7-,19-16-,20-17-,25-23-,26-24-,29-28-,32-31-,35-34-,38-37-,43-41-,50-47-. The molecule has 72 heavy (non-hydrogen) atoms. The van der Waals surface area contributed by atoms with Crippen molar-refractivity contribution in [2.75, 3.05) is 13.2 Å². The molecule has 0 aromatic carbocycles. The van der Waals surface area contributed by atoms with E-state index in [1.165, 1.54) is 83.5 Å². The van der Waals surface area contributed by atoms with Crippen LogP contribution < -0.4 is 0 Å². The van der Waals surface area contributed by atoms with Gasteiger partial charge in [0.25, 0.3) is 0 Å². The SMILES string of the molecule is CC/C=C\C/C=C\C/C=C\C/C=C\C/C=C\C/C=C\C/C=C\C/C=C\C/C=C\CCCC(=O)OCC(COC(=O)CCCCCCCCCC)OC(=O)CCCCCCCCC/C=C\C/C=C\CCCCC. The number of hydrogen-bond donors (Lipinski definition) is 0. The van der Waals surface area contributed by atoms with Gasteiger partial charge in [-0.15, -0.1) is 0 Å². The second-order valence-electron chi connectivity index (χ2n) is 18.8. The fourth-order valence-electron chi connectivity index (χ4n) is 7.53. The van der Waals surface area contributed by atoms with Gasteiger partial charge in [-0.05, 0) is 116 Å². The van der Waals surface area contributed by atoms with Crippen molar-refractivity contribution in [2.24, 2.45) is 0 Å². The van der Waals surface area contributed by atoms with E-state index < -0.39 is 6.10 Å². The van der Waals surface area contributed by atoms with E-state index >= 15 is 0 Å². The lowest BCUT2D eigenvalue weighted by atomic mass is 10.1. The van der Waals surface area contributed by atoms with Crippen molar-refractivity contribution in [2.45, 2.75) is 252 Å². The van der Waals surface area contributed by atoms with Crippen molar-refractivity contribution in [3.63, 3.8) is 0 Å². The Morgan fingerprint density at radius 2 is 0.556 bits per heavy atom. The third kappa shape index (κ3) is 56.5. The molecule has 0 aliphatic heterocycles. The second kappa shape index (κ2) is 59.1. The molecule has 0 rings (SSSR count). The van der Waals surface area contributed by atoms with Crippen LogP contribution in [-0.2, 0) is 28.6 Å². The summed E-state index contributed by atoms with van der Waals surface area (Å²) in [6.45, 7) is 6.40. The minimum Gasteiger partial charge on any atom is -0.462 e. The maximum atomic E-state index is 12.8. The predicted molar refractivity (Wildman–Crippen MR) is 311 cm³/mol. The van der Waals surface area contributed by atoms with Gasteiger partial charge in [0.1, 0.15) is 13.2 Å². The van der Waals surface area contributed by atoms with Crippen molar-refractivity contribution in [3.05, 3.63) is 134 Å². The van der Waals surface area contributed by atoms with Gasteiger partial charge in [-0.3, -0.25) is 14.4 Å². The van der Waals surface area contributed by atoms with Gasteiger partial charge in [-0.2, -0.15) is 0 Å². The predicted octanol–water partition coefficient (Wildman–Crippen LogP) is 19.8. The zero-order chi connectivity index (χ0) is 52.2. The molecule has 0 amide bonds. The topological polar surface area (TPSA) is 78.9 Å². The normalized spacial score (nSPS) is 13.1. The van der Waals surface area contributed by atoms with Crippen LogP contribution in [0.15, 0.2) is 134 Å².